The largest absolute Gasteiger partial charge is 0.346 e. The van der Waals surface area contributed by atoms with Crippen LogP contribution in [0.15, 0.2) is 24.4 Å². The van der Waals surface area contributed by atoms with Crippen molar-refractivity contribution in [3.05, 3.63) is 30.2 Å². The van der Waals surface area contributed by atoms with Gasteiger partial charge in [-0.25, -0.2) is 0 Å². The SMILES string of the molecule is CC(NC(=O)CNC(=O)CN)c1nnc2ccccn12. The number of carbonyl (C=O) groups is 2. The van der Waals surface area contributed by atoms with Gasteiger partial charge in [0.15, 0.2) is 11.5 Å². The van der Waals surface area contributed by atoms with Crippen molar-refractivity contribution in [3.8, 4) is 0 Å². The van der Waals surface area contributed by atoms with Crippen molar-refractivity contribution in [3.63, 3.8) is 0 Å². The topological polar surface area (TPSA) is 114 Å². The first kappa shape index (κ1) is 13.9. The molecule has 1 unspecified atom stereocenters. The molecule has 2 aromatic heterocycles. The van der Waals surface area contributed by atoms with Gasteiger partial charge in [0, 0.05) is 6.20 Å². The van der Waals surface area contributed by atoms with E-state index in [2.05, 4.69) is 20.8 Å². The smallest absolute Gasteiger partial charge is 0.239 e. The Bertz CT molecular complexity index is 623. The Morgan fingerprint density at radius 3 is 2.90 bits per heavy atom. The number of aromatic nitrogens is 3. The zero-order chi connectivity index (χ0) is 14.5. The van der Waals surface area contributed by atoms with Crippen molar-refractivity contribution in [2.24, 2.45) is 5.73 Å². The van der Waals surface area contributed by atoms with Crippen molar-refractivity contribution in [1.82, 2.24) is 25.2 Å². The Balaban J connectivity index is 1.99. The van der Waals surface area contributed by atoms with Gasteiger partial charge in [-0.2, -0.15) is 0 Å². The lowest BCUT2D eigenvalue weighted by molar-refractivity contribution is -0.125. The van der Waals surface area contributed by atoms with E-state index < -0.39 is 0 Å². The summed E-state index contributed by atoms with van der Waals surface area (Å²) < 4.78 is 1.80. The van der Waals surface area contributed by atoms with Crippen LogP contribution in [0.25, 0.3) is 5.65 Å². The average molecular weight is 276 g/mol. The summed E-state index contributed by atoms with van der Waals surface area (Å²) in [6.07, 6.45) is 1.82. The molecule has 0 radical (unpaired) electrons. The first-order chi connectivity index (χ1) is 9.61. The molecule has 8 nitrogen and oxygen atoms in total. The van der Waals surface area contributed by atoms with E-state index in [1.54, 1.807) is 11.3 Å². The van der Waals surface area contributed by atoms with E-state index in [1.807, 2.05) is 24.4 Å². The average Bonchev–Trinajstić information content (AvgIpc) is 2.88. The Labute approximate surface area is 115 Å². The fourth-order valence-corrected chi connectivity index (χ4v) is 1.76. The lowest BCUT2D eigenvalue weighted by atomic mass is 10.3. The molecule has 0 saturated heterocycles. The van der Waals surface area contributed by atoms with Crippen molar-refractivity contribution < 1.29 is 9.59 Å². The predicted octanol–water partition coefficient (Wildman–Crippen LogP) is -1.02. The predicted molar refractivity (Wildman–Crippen MR) is 71.6 cm³/mol. The fraction of sp³-hybridized carbons (Fsp3) is 0.333. The summed E-state index contributed by atoms with van der Waals surface area (Å²) >= 11 is 0. The third-order valence-electron chi connectivity index (χ3n) is 2.74. The molecule has 0 aliphatic rings. The van der Waals surface area contributed by atoms with Crippen LogP contribution in [0, 0.1) is 0 Å². The molecule has 0 saturated carbocycles. The Morgan fingerprint density at radius 1 is 1.35 bits per heavy atom. The van der Waals surface area contributed by atoms with Gasteiger partial charge < -0.3 is 16.4 Å². The minimum atomic E-state index is -0.374. The maximum atomic E-state index is 11.7. The van der Waals surface area contributed by atoms with Gasteiger partial charge >= 0.3 is 0 Å². The number of nitrogens with one attached hydrogen (secondary N) is 2. The molecule has 8 heteroatoms. The molecule has 2 heterocycles. The maximum Gasteiger partial charge on any atom is 0.239 e. The Hall–Kier alpha value is -2.48. The lowest BCUT2D eigenvalue weighted by Gasteiger charge is -2.12. The second-order valence-electron chi connectivity index (χ2n) is 4.26. The van der Waals surface area contributed by atoms with Crippen molar-refractivity contribution in [1.29, 1.82) is 0 Å². The number of nitrogens with two attached hydrogens (primary N) is 1. The van der Waals surface area contributed by atoms with Crippen LogP contribution < -0.4 is 16.4 Å². The molecule has 0 aliphatic carbocycles. The molecule has 0 fully saturated rings. The van der Waals surface area contributed by atoms with Crippen molar-refractivity contribution in [2.45, 2.75) is 13.0 Å². The molecular weight excluding hydrogens is 260 g/mol. The van der Waals surface area contributed by atoms with Crippen LogP contribution in [0.3, 0.4) is 0 Å². The Morgan fingerprint density at radius 2 is 2.15 bits per heavy atom. The molecule has 20 heavy (non-hydrogen) atoms. The number of fused-ring (bicyclic) bond motifs is 1. The molecule has 0 aliphatic heterocycles. The highest BCUT2D eigenvalue weighted by Gasteiger charge is 2.15. The van der Waals surface area contributed by atoms with Gasteiger partial charge in [0.25, 0.3) is 0 Å². The first-order valence-corrected chi connectivity index (χ1v) is 6.17. The number of rotatable bonds is 5. The van der Waals surface area contributed by atoms with Crippen LogP contribution >= 0.6 is 0 Å². The van der Waals surface area contributed by atoms with E-state index in [1.165, 1.54) is 0 Å². The van der Waals surface area contributed by atoms with E-state index in [-0.39, 0.29) is 30.9 Å². The van der Waals surface area contributed by atoms with Gasteiger partial charge in [-0.15, -0.1) is 10.2 Å². The third kappa shape index (κ3) is 3.09. The summed E-state index contributed by atoms with van der Waals surface area (Å²) in [7, 11) is 0. The number of nitrogens with zero attached hydrogens (tertiary/aromatic N) is 3. The minimum Gasteiger partial charge on any atom is -0.346 e. The molecule has 2 amide bonds. The van der Waals surface area contributed by atoms with E-state index in [9.17, 15) is 9.59 Å². The number of hydrogen-bond donors (Lipinski definition) is 3. The number of carbonyl (C=O) groups excluding carboxylic acids is 2. The highest BCUT2D eigenvalue weighted by Crippen LogP contribution is 2.11. The first-order valence-electron chi connectivity index (χ1n) is 6.17. The molecule has 2 aromatic rings. The molecule has 1 atom stereocenters. The number of amides is 2. The van der Waals surface area contributed by atoms with E-state index in [4.69, 9.17) is 5.73 Å². The summed E-state index contributed by atoms with van der Waals surface area (Å²) in [5.41, 5.74) is 5.84. The zero-order valence-corrected chi connectivity index (χ0v) is 11.0. The molecule has 0 aromatic carbocycles. The standard InChI is InChI=1S/C12H16N6O2/c1-8(15-11(20)7-14-10(19)6-13)12-17-16-9-4-2-3-5-18(9)12/h2-5,8H,6-7,13H2,1H3,(H,14,19)(H,15,20). The van der Waals surface area contributed by atoms with E-state index in [0.717, 1.165) is 0 Å². The number of pyridine rings is 1. The molecule has 0 bridgehead atoms. The summed E-state index contributed by atoms with van der Waals surface area (Å²) in [4.78, 5) is 22.6. The highest BCUT2D eigenvalue weighted by molar-refractivity contribution is 5.85. The van der Waals surface area contributed by atoms with Crippen LogP contribution in [0.5, 0.6) is 0 Å². The van der Waals surface area contributed by atoms with Gasteiger partial charge in [0.2, 0.25) is 11.8 Å². The number of hydrogen-bond acceptors (Lipinski definition) is 5. The molecular formula is C12H16N6O2. The van der Waals surface area contributed by atoms with Crippen molar-refractivity contribution in [2.75, 3.05) is 13.1 Å². The normalized spacial score (nSPS) is 12.1. The zero-order valence-electron chi connectivity index (χ0n) is 11.0. The van der Waals surface area contributed by atoms with Crippen LogP contribution in [0.1, 0.15) is 18.8 Å². The van der Waals surface area contributed by atoms with Crippen LogP contribution in [0.4, 0.5) is 0 Å². The second kappa shape index (κ2) is 6.11. The van der Waals surface area contributed by atoms with Crippen LogP contribution in [-0.2, 0) is 9.59 Å². The quantitative estimate of drug-likeness (QED) is 0.647. The molecule has 4 N–H and O–H groups in total. The summed E-state index contributed by atoms with van der Waals surface area (Å²) in [5.74, 6) is -0.0631. The van der Waals surface area contributed by atoms with Gasteiger partial charge in [-0.05, 0) is 19.1 Å². The lowest BCUT2D eigenvalue weighted by Crippen LogP contribution is -2.40. The second-order valence-corrected chi connectivity index (χ2v) is 4.26. The third-order valence-corrected chi connectivity index (χ3v) is 2.74. The fourth-order valence-electron chi connectivity index (χ4n) is 1.76. The molecule has 106 valence electrons. The minimum absolute atomic E-state index is 0.114. The van der Waals surface area contributed by atoms with E-state index in [0.29, 0.717) is 11.5 Å². The van der Waals surface area contributed by atoms with E-state index >= 15 is 0 Å². The molecule has 2 rings (SSSR count). The van der Waals surface area contributed by atoms with Crippen LogP contribution in [0.2, 0.25) is 0 Å². The van der Waals surface area contributed by atoms with Crippen molar-refractivity contribution >= 4 is 17.5 Å². The maximum absolute atomic E-state index is 11.7. The monoisotopic (exact) mass is 276 g/mol. The van der Waals surface area contributed by atoms with Gasteiger partial charge in [-0.1, -0.05) is 6.07 Å². The molecule has 0 spiro atoms. The summed E-state index contributed by atoms with van der Waals surface area (Å²) in [6, 6.07) is 5.22. The Kier molecular flexibility index (Phi) is 4.26. The van der Waals surface area contributed by atoms with Crippen LogP contribution in [-0.4, -0.2) is 39.5 Å². The van der Waals surface area contributed by atoms with Gasteiger partial charge in [0.05, 0.1) is 19.1 Å². The van der Waals surface area contributed by atoms with Gasteiger partial charge in [-0.3, -0.25) is 14.0 Å². The summed E-state index contributed by atoms with van der Waals surface area (Å²) in [5, 5.41) is 13.2. The highest BCUT2D eigenvalue weighted by atomic mass is 16.2. The van der Waals surface area contributed by atoms with Gasteiger partial charge in [0.1, 0.15) is 0 Å². The summed E-state index contributed by atoms with van der Waals surface area (Å²) in [6.45, 7) is 1.54.